The van der Waals surface area contributed by atoms with E-state index in [1.54, 1.807) is 7.11 Å². The molecule has 0 aliphatic rings. The lowest BCUT2D eigenvalue weighted by molar-refractivity contribution is -0.117. The first kappa shape index (κ1) is 19.8. The summed E-state index contributed by atoms with van der Waals surface area (Å²) in [6, 6.07) is 11.8. The van der Waals surface area contributed by atoms with Crippen molar-refractivity contribution in [1.82, 2.24) is 4.90 Å². The van der Waals surface area contributed by atoms with Gasteiger partial charge < -0.3 is 14.8 Å². The highest BCUT2D eigenvalue weighted by Gasteiger charge is 2.10. The summed E-state index contributed by atoms with van der Waals surface area (Å²) in [6.07, 6.45) is 0. The van der Waals surface area contributed by atoms with Gasteiger partial charge in [-0.25, -0.2) is 0 Å². The molecule has 2 aromatic rings. The summed E-state index contributed by atoms with van der Waals surface area (Å²) < 4.78 is 10.9. The molecule has 1 amide bonds. The maximum Gasteiger partial charge on any atom is 0.238 e. The molecule has 0 saturated heterocycles. The van der Waals surface area contributed by atoms with Crippen LogP contribution in [0.15, 0.2) is 36.4 Å². The summed E-state index contributed by atoms with van der Waals surface area (Å²) in [5.74, 6) is 1.40. The number of nitrogens with one attached hydrogen (secondary N) is 1. The molecule has 0 aliphatic carbocycles. The minimum absolute atomic E-state index is 0.0337. The molecule has 0 bridgehead atoms. The number of methoxy groups -OCH3 is 1. The maximum absolute atomic E-state index is 12.3. The van der Waals surface area contributed by atoms with E-state index in [-0.39, 0.29) is 5.91 Å². The van der Waals surface area contributed by atoms with E-state index >= 15 is 0 Å². The molecule has 0 aliphatic heterocycles. The van der Waals surface area contributed by atoms with Gasteiger partial charge in [-0.3, -0.25) is 9.69 Å². The Morgan fingerprint density at radius 2 is 1.85 bits per heavy atom. The predicted octanol–water partition coefficient (Wildman–Crippen LogP) is 3.78. The molecule has 2 rings (SSSR count). The Bertz CT molecular complexity index is 759. The van der Waals surface area contributed by atoms with Crippen LogP contribution in [-0.2, 0) is 11.3 Å². The molecule has 140 valence electrons. The minimum atomic E-state index is -0.0337. The van der Waals surface area contributed by atoms with Crippen molar-refractivity contribution in [2.45, 2.75) is 27.3 Å². The number of benzene rings is 2. The lowest BCUT2D eigenvalue weighted by atomic mass is 10.1. The zero-order valence-corrected chi connectivity index (χ0v) is 16.3. The fourth-order valence-corrected chi connectivity index (χ4v) is 2.72. The number of amides is 1. The van der Waals surface area contributed by atoms with Gasteiger partial charge in [0.25, 0.3) is 0 Å². The van der Waals surface area contributed by atoms with E-state index in [1.807, 2.05) is 62.2 Å². The van der Waals surface area contributed by atoms with Gasteiger partial charge in [0.1, 0.15) is 0 Å². The van der Waals surface area contributed by atoms with Gasteiger partial charge in [-0.2, -0.15) is 0 Å². The molecule has 0 heterocycles. The fourth-order valence-electron chi connectivity index (χ4n) is 2.72. The second-order valence-corrected chi connectivity index (χ2v) is 6.44. The summed E-state index contributed by atoms with van der Waals surface area (Å²) >= 11 is 0. The van der Waals surface area contributed by atoms with Crippen LogP contribution in [0.3, 0.4) is 0 Å². The summed E-state index contributed by atoms with van der Waals surface area (Å²) in [6.45, 7) is 7.57. The quantitative estimate of drug-likeness (QED) is 0.782. The van der Waals surface area contributed by atoms with Crippen LogP contribution >= 0.6 is 0 Å². The normalized spacial score (nSPS) is 10.7. The summed E-state index contributed by atoms with van der Waals surface area (Å²) in [4.78, 5) is 14.2. The fraction of sp³-hybridized carbons (Fsp3) is 0.381. The summed E-state index contributed by atoms with van der Waals surface area (Å²) in [7, 11) is 3.55. The second kappa shape index (κ2) is 9.25. The molecular formula is C21H28N2O3. The van der Waals surface area contributed by atoms with E-state index in [0.717, 1.165) is 22.6 Å². The number of hydrogen-bond donors (Lipinski definition) is 1. The van der Waals surface area contributed by atoms with Crippen molar-refractivity contribution in [2.24, 2.45) is 0 Å². The van der Waals surface area contributed by atoms with Crippen LogP contribution in [0, 0.1) is 13.8 Å². The Hall–Kier alpha value is -2.53. The van der Waals surface area contributed by atoms with Gasteiger partial charge in [-0.15, -0.1) is 0 Å². The molecule has 2 aromatic carbocycles. The zero-order valence-electron chi connectivity index (χ0n) is 16.3. The smallest absolute Gasteiger partial charge is 0.238 e. The van der Waals surface area contributed by atoms with Crippen LogP contribution < -0.4 is 14.8 Å². The van der Waals surface area contributed by atoms with Crippen LogP contribution in [0.1, 0.15) is 23.6 Å². The molecule has 26 heavy (non-hydrogen) atoms. The third-order valence-electron chi connectivity index (χ3n) is 4.18. The first-order valence-electron chi connectivity index (χ1n) is 8.78. The van der Waals surface area contributed by atoms with Gasteiger partial charge in [0, 0.05) is 12.2 Å². The van der Waals surface area contributed by atoms with E-state index in [4.69, 9.17) is 9.47 Å². The average molecular weight is 356 g/mol. The molecular weight excluding hydrogens is 328 g/mol. The van der Waals surface area contributed by atoms with Crippen LogP contribution in [0.2, 0.25) is 0 Å². The van der Waals surface area contributed by atoms with Crippen molar-refractivity contribution in [3.63, 3.8) is 0 Å². The Morgan fingerprint density at radius 3 is 2.50 bits per heavy atom. The van der Waals surface area contributed by atoms with Gasteiger partial charge in [-0.1, -0.05) is 12.1 Å². The number of anilines is 1. The van der Waals surface area contributed by atoms with Crippen molar-refractivity contribution in [3.8, 4) is 11.5 Å². The van der Waals surface area contributed by atoms with Crippen molar-refractivity contribution in [2.75, 3.05) is 32.6 Å². The molecule has 0 radical (unpaired) electrons. The molecule has 1 N–H and O–H groups in total. The van der Waals surface area contributed by atoms with E-state index in [2.05, 4.69) is 12.2 Å². The molecule has 0 saturated carbocycles. The minimum Gasteiger partial charge on any atom is -0.493 e. The van der Waals surface area contributed by atoms with E-state index < -0.39 is 0 Å². The van der Waals surface area contributed by atoms with Crippen LogP contribution in [0.4, 0.5) is 5.69 Å². The predicted molar refractivity (Wildman–Crippen MR) is 105 cm³/mol. The molecule has 0 spiro atoms. The third kappa shape index (κ3) is 5.49. The van der Waals surface area contributed by atoms with Crippen molar-refractivity contribution < 1.29 is 14.3 Å². The number of carbonyl (C=O) groups excluding carboxylic acids is 1. The summed E-state index contributed by atoms with van der Waals surface area (Å²) in [5.41, 5.74) is 4.27. The van der Waals surface area contributed by atoms with Crippen molar-refractivity contribution in [3.05, 3.63) is 53.1 Å². The van der Waals surface area contributed by atoms with Crippen molar-refractivity contribution in [1.29, 1.82) is 0 Å². The second-order valence-electron chi connectivity index (χ2n) is 6.44. The van der Waals surface area contributed by atoms with Gasteiger partial charge in [0.2, 0.25) is 5.91 Å². The standard InChI is InChI=1S/C21H28N2O3/c1-6-26-19-10-8-17(12-20(19)25-5)13-23(4)14-21(24)22-18-9-7-15(2)16(3)11-18/h7-12H,6,13-14H2,1-5H3,(H,22,24). The third-order valence-corrected chi connectivity index (χ3v) is 4.18. The van der Waals surface area contributed by atoms with E-state index in [0.29, 0.717) is 25.4 Å². The number of ether oxygens (including phenoxy) is 2. The Balaban J connectivity index is 1.94. The Kier molecular flexibility index (Phi) is 7.04. The monoisotopic (exact) mass is 356 g/mol. The van der Waals surface area contributed by atoms with Gasteiger partial charge in [0.15, 0.2) is 11.5 Å². The van der Waals surface area contributed by atoms with E-state index in [9.17, 15) is 4.79 Å². The largest absolute Gasteiger partial charge is 0.493 e. The van der Waals surface area contributed by atoms with Gasteiger partial charge >= 0.3 is 0 Å². The lowest BCUT2D eigenvalue weighted by Gasteiger charge is -2.18. The van der Waals surface area contributed by atoms with E-state index in [1.165, 1.54) is 5.56 Å². The molecule has 0 aromatic heterocycles. The molecule has 0 atom stereocenters. The summed E-state index contributed by atoms with van der Waals surface area (Å²) in [5, 5.41) is 2.95. The Morgan fingerprint density at radius 1 is 1.08 bits per heavy atom. The number of carbonyl (C=O) groups is 1. The lowest BCUT2D eigenvalue weighted by Crippen LogP contribution is -2.29. The Labute approximate surface area is 155 Å². The topological polar surface area (TPSA) is 50.8 Å². The number of rotatable bonds is 8. The number of hydrogen-bond acceptors (Lipinski definition) is 4. The number of nitrogens with zero attached hydrogens (tertiary/aromatic N) is 1. The first-order valence-corrected chi connectivity index (χ1v) is 8.78. The van der Waals surface area contributed by atoms with Crippen molar-refractivity contribution >= 4 is 11.6 Å². The van der Waals surface area contributed by atoms with Crippen LogP contribution in [-0.4, -0.2) is 38.1 Å². The molecule has 5 nitrogen and oxygen atoms in total. The first-order chi connectivity index (χ1) is 12.4. The highest BCUT2D eigenvalue weighted by Crippen LogP contribution is 2.28. The molecule has 5 heteroatoms. The average Bonchev–Trinajstić information content (AvgIpc) is 2.59. The highest BCUT2D eigenvalue weighted by molar-refractivity contribution is 5.92. The van der Waals surface area contributed by atoms with Gasteiger partial charge in [-0.05, 0) is 68.8 Å². The van der Waals surface area contributed by atoms with Gasteiger partial charge in [0.05, 0.1) is 20.3 Å². The number of likely N-dealkylation sites (N-methyl/N-ethyl adjacent to an activating group) is 1. The van der Waals surface area contributed by atoms with Crippen LogP contribution in [0.5, 0.6) is 11.5 Å². The number of aryl methyl sites for hydroxylation is 2. The maximum atomic E-state index is 12.3. The highest BCUT2D eigenvalue weighted by atomic mass is 16.5. The van der Waals surface area contributed by atoms with Crippen LogP contribution in [0.25, 0.3) is 0 Å². The SMILES string of the molecule is CCOc1ccc(CN(C)CC(=O)Nc2ccc(C)c(C)c2)cc1OC. The molecule has 0 unspecified atom stereocenters. The zero-order chi connectivity index (χ0) is 19.1. The molecule has 0 fully saturated rings.